The number of piperidine rings is 1. The minimum Gasteiger partial charge on any atom is -0.335 e. The lowest BCUT2D eigenvalue weighted by molar-refractivity contribution is -0.146. The van der Waals surface area contributed by atoms with Gasteiger partial charge in [0, 0.05) is 31.7 Å². The SMILES string of the molecule is O=C(c1cncc(Cl)c1)N1CCCC12CCCN(Cc1ccccn1)C2=O. The zero-order valence-corrected chi connectivity index (χ0v) is 15.7. The highest BCUT2D eigenvalue weighted by atomic mass is 35.5. The van der Waals surface area contributed by atoms with Crippen molar-refractivity contribution in [3.8, 4) is 0 Å². The molecule has 2 aromatic rings. The summed E-state index contributed by atoms with van der Waals surface area (Å²) in [6.45, 7) is 1.74. The van der Waals surface area contributed by atoms with Gasteiger partial charge in [-0.1, -0.05) is 17.7 Å². The van der Waals surface area contributed by atoms with Crippen LogP contribution in [0.3, 0.4) is 0 Å². The Morgan fingerprint density at radius 1 is 1.19 bits per heavy atom. The molecule has 0 aromatic carbocycles. The van der Waals surface area contributed by atoms with Crippen LogP contribution in [-0.2, 0) is 11.3 Å². The van der Waals surface area contributed by atoms with Crippen LogP contribution in [0.4, 0.5) is 0 Å². The number of hydrogen-bond acceptors (Lipinski definition) is 4. The van der Waals surface area contributed by atoms with Crippen molar-refractivity contribution < 1.29 is 9.59 Å². The number of likely N-dealkylation sites (tertiary alicyclic amines) is 2. The molecule has 4 rings (SSSR count). The van der Waals surface area contributed by atoms with Crippen molar-refractivity contribution in [2.75, 3.05) is 13.1 Å². The molecular weight excluding hydrogens is 364 g/mol. The summed E-state index contributed by atoms with van der Waals surface area (Å²) in [5, 5.41) is 0.417. The largest absolute Gasteiger partial charge is 0.335 e. The summed E-state index contributed by atoms with van der Waals surface area (Å²) in [6, 6.07) is 7.31. The lowest BCUT2D eigenvalue weighted by Crippen LogP contribution is -2.61. The molecule has 4 heterocycles. The monoisotopic (exact) mass is 384 g/mol. The molecule has 2 aliphatic heterocycles. The molecule has 1 atom stereocenters. The molecule has 1 spiro atoms. The van der Waals surface area contributed by atoms with Gasteiger partial charge >= 0.3 is 0 Å². The van der Waals surface area contributed by atoms with Gasteiger partial charge in [0.1, 0.15) is 5.54 Å². The van der Waals surface area contributed by atoms with Gasteiger partial charge in [-0.2, -0.15) is 0 Å². The van der Waals surface area contributed by atoms with Crippen molar-refractivity contribution >= 4 is 23.4 Å². The van der Waals surface area contributed by atoms with Crippen LogP contribution in [0.1, 0.15) is 41.7 Å². The molecule has 2 fully saturated rings. The Morgan fingerprint density at radius 3 is 2.74 bits per heavy atom. The van der Waals surface area contributed by atoms with Gasteiger partial charge in [0.05, 0.1) is 22.8 Å². The molecule has 140 valence electrons. The van der Waals surface area contributed by atoms with Crippen LogP contribution in [0, 0.1) is 0 Å². The predicted molar refractivity (Wildman–Crippen MR) is 101 cm³/mol. The van der Waals surface area contributed by atoms with Gasteiger partial charge in [-0.3, -0.25) is 19.6 Å². The van der Waals surface area contributed by atoms with Crippen LogP contribution >= 0.6 is 11.6 Å². The van der Waals surface area contributed by atoms with Crippen LogP contribution in [0.2, 0.25) is 5.02 Å². The summed E-state index contributed by atoms with van der Waals surface area (Å²) in [4.78, 5) is 38.5. The van der Waals surface area contributed by atoms with Gasteiger partial charge in [0.25, 0.3) is 5.91 Å². The summed E-state index contributed by atoms with van der Waals surface area (Å²) >= 11 is 6.00. The minimum atomic E-state index is -0.758. The fourth-order valence-corrected chi connectivity index (χ4v) is 4.42. The Hall–Kier alpha value is -2.47. The first kappa shape index (κ1) is 17.9. The van der Waals surface area contributed by atoms with Crippen molar-refractivity contribution in [1.82, 2.24) is 19.8 Å². The average Bonchev–Trinajstić information content (AvgIpc) is 3.10. The molecule has 0 aliphatic carbocycles. The van der Waals surface area contributed by atoms with E-state index in [9.17, 15) is 9.59 Å². The molecule has 0 saturated carbocycles. The van der Waals surface area contributed by atoms with Crippen molar-refractivity contribution in [2.45, 2.75) is 37.8 Å². The molecule has 2 amide bonds. The Labute approximate surface area is 163 Å². The summed E-state index contributed by atoms with van der Waals surface area (Å²) < 4.78 is 0. The first-order chi connectivity index (χ1) is 13.1. The number of carbonyl (C=O) groups excluding carboxylic acids is 2. The fraction of sp³-hybridized carbons (Fsp3) is 0.400. The maximum atomic E-state index is 13.4. The van der Waals surface area contributed by atoms with Crippen molar-refractivity contribution in [3.05, 3.63) is 59.1 Å². The number of amides is 2. The third-order valence-corrected chi connectivity index (χ3v) is 5.68. The van der Waals surface area contributed by atoms with Gasteiger partial charge in [-0.05, 0) is 43.9 Å². The Kier molecular flexibility index (Phi) is 4.83. The van der Waals surface area contributed by atoms with E-state index in [0.717, 1.165) is 18.5 Å². The normalized spacial score (nSPS) is 22.5. The van der Waals surface area contributed by atoms with E-state index in [1.165, 1.54) is 12.4 Å². The lowest BCUT2D eigenvalue weighted by Gasteiger charge is -2.44. The summed E-state index contributed by atoms with van der Waals surface area (Å²) in [6.07, 6.45) is 7.84. The number of nitrogens with zero attached hydrogens (tertiary/aromatic N) is 4. The number of halogens is 1. The average molecular weight is 385 g/mol. The second kappa shape index (κ2) is 7.27. The Balaban J connectivity index is 1.60. The van der Waals surface area contributed by atoms with Crippen molar-refractivity contribution in [2.24, 2.45) is 0 Å². The molecule has 2 aromatic heterocycles. The minimum absolute atomic E-state index is 0.0280. The van der Waals surface area contributed by atoms with Gasteiger partial charge < -0.3 is 9.80 Å². The summed E-state index contributed by atoms with van der Waals surface area (Å²) in [7, 11) is 0. The smallest absolute Gasteiger partial charge is 0.256 e. The van der Waals surface area contributed by atoms with Crippen molar-refractivity contribution in [3.63, 3.8) is 0 Å². The molecule has 1 unspecified atom stereocenters. The van der Waals surface area contributed by atoms with E-state index in [-0.39, 0.29) is 11.8 Å². The van der Waals surface area contributed by atoms with E-state index >= 15 is 0 Å². The second-order valence-electron chi connectivity index (χ2n) is 7.14. The highest BCUT2D eigenvalue weighted by molar-refractivity contribution is 6.30. The van der Waals surface area contributed by atoms with E-state index < -0.39 is 5.54 Å². The molecule has 2 saturated heterocycles. The van der Waals surface area contributed by atoms with Gasteiger partial charge in [0.2, 0.25) is 5.91 Å². The van der Waals surface area contributed by atoms with Crippen LogP contribution in [0.15, 0.2) is 42.9 Å². The molecule has 27 heavy (non-hydrogen) atoms. The molecular formula is C20H21ClN4O2. The topological polar surface area (TPSA) is 66.4 Å². The molecule has 2 aliphatic rings. The standard InChI is InChI=1S/C20H21ClN4O2/c21-16-11-15(12-22-13-16)18(26)25-10-4-7-20(25)6-3-9-24(19(20)27)14-17-5-1-2-8-23-17/h1-2,5,8,11-13H,3-4,6-7,9-10,14H2. The van der Waals surface area contributed by atoms with Gasteiger partial charge in [0.15, 0.2) is 0 Å². The third kappa shape index (κ3) is 3.30. The van der Waals surface area contributed by atoms with Crippen molar-refractivity contribution in [1.29, 1.82) is 0 Å². The number of carbonyl (C=O) groups is 2. The van der Waals surface area contributed by atoms with Crippen LogP contribution in [0.5, 0.6) is 0 Å². The highest BCUT2D eigenvalue weighted by Crippen LogP contribution is 2.39. The van der Waals surface area contributed by atoms with Crippen LogP contribution in [-0.4, -0.2) is 50.2 Å². The first-order valence-corrected chi connectivity index (χ1v) is 9.60. The third-order valence-electron chi connectivity index (χ3n) is 5.47. The Bertz CT molecular complexity index is 860. The molecule has 0 N–H and O–H groups in total. The van der Waals surface area contributed by atoms with E-state index in [1.54, 1.807) is 17.2 Å². The quantitative estimate of drug-likeness (QED) is 0.816. The predicted octanol–water partition coefficient (Wildman–Crippen LogP) is 2.93. The number of aromatic nitrogens is 2. The number of hydrogen-bond donors (Lipinski definition) is 0. The van der Waals surface area contributed by atoms with Crippen LogP contribution in [0.25, 0.3) is 0 Å². The molecule has 6 nitrogen and oxygen atoms in total. The van der Waals surface area contributed by atoms with Gasteiger partial charge in [-0.15, -0.1) is 0 Å². The first-order valence-electron chi connectivity index (χ1n) is 9.22. The fourth-order valence-electron chi connectivity index (χ4n) is 4.24. The van der Waals surface area contributed by atoms with E-state index in [1.807, 2.05) is 23.1 Å². The summed E-state index contributed by atoms with van der Waals surface area (Å²) in [5.74, 6) is -0.143. The molecule has 0 radical (unpaired) electrons. The molecule has 7 heteroatoms. The lowest BCUT2D eigenvalue weighted by atomic mass is 9.85. The zero-order chi connectivity index (χ0) is 18.9. The number of rotatable bonds is 3. The number of pyridine rings is 2. The highest BCUT2D eigenvalue weighted by Gasteiger charge is 2.52. The van der Waals surface area contributed by atoms with E-state index in [2.05, 4.69) is 9.97 Å². The molecule has 0 bridgehead atoms. The zero-order valence-electron chi connectivity index (χ0n) is 15.0. The Morgan fingerprint density at radius 2 is 2.00 bits per heavy atom. The maximum absolute atomic E-state index is 13.4. The second-order valence-corrected chi connectivity index (χ2v) is 7.57. The van der Waals surface area contributed by atoms with Gasteiger partial charge in [-0.25, -0.2) is 0 Å². The van der Waals surface area contributed by atoms with Crippen LogP contribution < -0.4 is 0 Å². The van der Waals surface area contributed by atoms with E-state index in [4.69, 9.17) is 11.6 Å². The summed E-state index contributed by atoms with van der Waals surface area (Å²) in [5.41, 5.74) is 0.531. The maximum Gasteiger partial charge on any atom is 0.256 e. The van der Waals surface area contributed by atoms with E-state index in [0.29, 0.717) is 43.1 Å².